The van der Waals surface area contributed by atoms with E-state index in [0.717, 1.165) is 17.4 Å². The second-order valence-corrected chi connectivity index (χ2v) is 6.65. The van der Waals surface area contributed by atoms with E-state index >= 15 is 0 Å². The summed E-state index contributed by atoms with van der Waals surface area (Å²) < 4.78 is 27.1. The van der Waals surface area contributed by atoms with Gasteiger partial charge in [-0.05, 0) is 18.1 Å². The molecule has 1 atom stereocenters. The van der Waals surface area contributed by atoms with E-state index < -0.39 is 11.6 Å². The average Bonchev–Trinajstić information content (AvgIpc) is 3.03. The number of benzene rings is 2. The number of hydrogen-bond acceptors (Lipinski definition) is 2. The number of nitrogens with zero attached hydrogens (tertiary/aromatic N) is 1. The summed E-state index contributed by atoms with van der Waals surface area (Å²) in [6, 6.07) is 13.4. The zero-order chi connectivity index (χ0) is 16.2. The minimum absolute atomic E-state index is 0.00702. The van der Waals surface area contributed by atoms with E-state index in [-0.39, 0.29) is 11.3 Å². The van der Waals surface area contributed by atoms with Crippen LogP contribution in [0.1, 0.15) is 22.9 Å². The van der Waals surface area contributed by atoms with Crippen LogP contribution in [0.4, 0.5) is 8.78 Å². The van der Waals surface area contributed by atoms with Gasteiger partial charge in [0.2, 0.25) is 5.91 Å². The number of rotatable bonds is 4. The molecule has 0 N–H and O–H groups in total. The Bertz CT molecular complexity index is 693. The predicted molar refractivity (Wildman–Crippen MR) is 88.0 cm³/mol. The van der Waals surface area contributed by atoms with Gasteiger partial charge in [0.05, 0.1) is 0 Å². The van der Waals surface area contributed by atoms with Gasteiger partial charge in [0.1, 0.15) is 17.0 Å². The van der Waals surface area contributed by atoms with E-state index in [1.54, 1.807) is 4.90 Å². The van der Waals surface area contributed by atoms with Gasteiger partial charge < -0.3 is 4.90 Å². The zero-order valence-electron chi connectivity index (χ0n) is 12.5. The SMILES string of the molecule is O=C(CCc1ccccc1)N1CCS[C@H]1c1ccc(F)cc1F. The summed E-state index contributed by atoms with van der Waals surface area (Å²) in [7, 11) is 0. The maximum atomic E-state index is 14.0. The van der Waals surface area contributed by atoms with Crippen molar-refractivity contribution < 1.29 is 13.6 Å². The summed E-state index contributed by atoms with van der Waals surface area (Å²) in [5.74, 6) is -0.424. The Balaban J connectivity index is 1.69. The van der Waals surface area contributed by atoms with E-state index in [1.807, 2.05) is 30.3 Å². The van der Waals surface area contributed by atoms with Crippen molar-refractivity contribution in [1.82, 2.24) is 4.90 Å². The Kier molecular flexibility index (Phi) is 4.96. The molecular weight excluding hydrogens is 316 g/mol. The highest BCUT2D eigenvalue weighted by Crippen LogP contribution is 2.39. The lowest BCUT2D eigenvalue weighted by molar-refractivity contribution is -0.131. The monoisotopic (exact) mass is 333 g/mol. The van der Waals surface area contributed by atoms with Crippen molar-refractivity contribution in [2.75, 3.05) is 12.3 Å². The summed E-state index contributed by atoms with van der Waals surface area (Å²) in [6.45, 7) is 0.597. The Morgan fingerprint density at radius 1 is 1.17 bits per heavy atom. The molecule has 0 unspecified atom stereocenters. The first kappa shape index (κ1) is 16.0. The third-order valence-corrected chi connectivity index (χ3v) is 5.15. The molecule has 2 aromatic carbocycles. The number of halogens is 2. The van der Waals surface area contributed by atoms with E-state index in [9.17, 15) is 13.6 Å². The van der Waals surface area contributed by atoms with Gasteiger partial charge in [-0.15, -0.1) is 11.8 Å². The van der Waals surface area contributed by atoms with Crippen LogP contribution in [0, 0.1) is 11.6 Å². The maximum absolute atomic E-state index is 14.0. The summed E-state index contributed by atoms with van der Waals surface area (Å²) in [5.41, 5.74) is 1.49. The zero-order valence-corrected chi connectivity index (χ0v) is 13.4. The lowest BCUT2D eigenvalue weighted by Crippen LogP contribution is -2.31. The quantitative estimate of drug-likeness (QED) is 0.837. The predicted octanol–water partition coefficient (Wildman–Crippen LogP) is 4.17. The van der Waals surface area contributed by atoms with E-state index in [1.165, 1.54) is 23.9 Å². The normalized spacial score (nSPS) is 17.5. The van der Waals surface area contributed by atoms with Crippen LogP contribution in [-0.4, -0.2) is 23.1 Å². The summed E-state index contributed by atoms with van der Waals surface area (Å²) in [5, 5.41) is -0.362. The number of hydrogen-bond donors (Lipinski definition) is 0. The maximum Gasteiger partial charge on any atom is 0.224 e. The standard InChI is InChI=1S/C18H17F2NOS/c19-14-7-8-15(16(20)12-14)18-21(10-11-23-18)17(22)9-6-13-4-2-1-3-5-13/h1-5,7-8,12,18H,6,9-11H2/t18-/m0/s1. The molecule has 0 radical (unpaired) electrons. The van der Waals surface area contributed by atoms with Gasteiger partial charge in [-0.3, -0.25) is 4.79 Å². The molecule has 1 aliphatic heterocycles. The highest BCUT2D eigenvalue weighted by molar-refractivity contribution is 7.99. The highest BCUT2D eigenvalue weighted by atomic mass is 32.2. The summed E-state index contributed by atoms with van der Waals surface area (Å²) in [4.78, 5) is 14.2. The Morgan fingerprint density at radius 3 is 2.70 bits per heavy atom. The lowest BCUT2D eigenvalue weighted by atomic mass is 10.1. The van der Waals surface area contributed by atoms with Gasteiger partial charge in [0.15, 0.2) is 0 Å². The van der Waals surface area contributed by atoms with Gasteiger partial charge in [-0.1, -0.05) is 36.4 Å². The van der Waals surface area contributed by atoms with Gasteiger partial charge >= 0.3 is 0 Å². The molecule has 0 aromatic heterocycles. The number of thioether (sulfide) groups is 1. The molecule has 0 spiro atoms. The van der Waals surface area contributed by atoms with Crippen LogP contribution in [0.25, 0.3) is 0 Å². The minimum Gasteiger partial charge on any atom is -0.326 e. The molecule has 2 nitrogen and oxygen atoms in total. The second kappa shape index (κ2) is 7.13. The van der Waals surface area contributed by atoms with Crippen LogP contribution in [0.15, 0.2) is 48.5 Å². The molecule has 3 rings (SSSR count). The molecule has 1 fully saturated rings. The van der Waals surface area contributed by atoms with Crippen molar-refractivity contribution in [2.45, 2.75) is 18.2 Å². The van der Waals surface area contributed by atoms with Crippen LogP contribution in [0.3, 0.4) is 0 Å². The first-order valence-electron chi connectivity index (χ1n) is 7.55. The van der Waals surface area contributed by atoms with E-state index in [4.69, 9.17) is 0 Å². The van der Waals surface area contributed by atoms with Crippen LogP contribution in [0.2, 0.25) is 0 Å². The fourth-order valence-corrected chi connectivity index (χ4v) is 4.02. The van der Waals surface area contributed by atoms with Crippen molar-refractivity contribution in [1.29, 1.82) is 0 Å². The Labute approximate surface area is 138 Å². The molecule has 0 aliphatic carbocycles. The topological polar surface area (TPSA) is 20.3 Å². The van der Waals surface area contributed by atoms with Crippen molar-refractivity contribution in [3.63, 3.8) is 0 Å². The molecular formula is C18H17F2NOS. The summed E-state index contributed by atoms with van der Waals surface area (Å²) in [6.07, 6.45) is 1.06. The molecule has 1 amide bonds. The van der Waals surface area contributed by atoms with E-state index in [2.05, 4.69) is 0 Å². The molecule has 0 saturated carbocycles. The number of amides is 1. The van der Waals surface area contributed by atoms with Gasteiger partial charge in [0.25, 0.3) is 0 Å². The molecule has 5 heteroatoms. The number of carbonyl (C=O) groups excluding carboxylic acids is 1. The fraction of sp³-hybridized carbons (Fsp3) is 0.278. The van der Waals surface area contributed by atoms with Gasteiger partial charge in [0, 0.05) is 30.3 Å². The first-order chi connectivity index (χ1) is 11.1. The third kappa shape index (κ3) is 3.72. The van der Waals surface area contributed by atoms with Crippen LogP contribution < -0.4 is 0 Å². The van der Waals surface area contributed by atoms with Crippen molar-refractivity contribution in [3.05, 3.63) is 71.3 Å². The van der Waals surface area contributed by atoms with Crippen molar-refractivity contribution >= 4 is 17.7 Å². The van der Waals surface area contributed by atoms with Crippen molar-refractivity contribution in [3.8, 4) is 0 Å². The Morgan fingerprint density at radius 2 is 1.96 bits per heavy atom. The molecule has 120 valence electrons. The summed E-state index contributed by atoms with van der Waals surface area (Å²) >= 11 is 1.52. The number of carbonyl (C=O) groups is 1. The van der Waals surface area contributed by atoms with E-state index in [0.29, 0.717) is 24.9 Å². The van der Waals surface area contributed by atoms with Crippen LogP contribution >= 0.6 is 11.8 Å². The molecule has 0 bridgehead atoms. The minimum atomic E-state index is -0.601. The number of aryl methyl sites for hydroxylation is 1. The second-order valence-electron chi connectivity index (χ2n) is 5.46. The average molecular weight is 333 g/mol. The lowest BCUT2D eigenvalue weighted by Gasteiger charge is -2.24. The fourth-order valence-electron chi connectivity index (χ4n) is 2.72. The first-order valence-corrected chi connectivity index (χ1v) is 8.60. The third-order valence-electron chi connectivity index (χ3n) is 3.91. The van der Waals surface area contributed by atoms with Crippen LogP contribution in [0.5, 0.6) is 0 Å². The molecule has 23 heavy (non-hydrogen) atoms. The molecule has 1 aliphatic rings. The largest absolute Gasteiger partial charge is 0.326 e. The molecule has 1 heterocycles. The Hall–Kier alpha value is -1.88. The molecule has 1 saturated heterocycles. The smallest absolute Gasteiger partial charge is 0.224 e. The van der Waals surface area contributed by atoms with Gasteiger partial charge in [-0.25, -0.2) is 8.78 Å². The molecule has 2 aromatic rings. The van der Waals surface area contributed by atoms with Gasteiger partial charge in [-0.2, -0.15) is 0 Å². The van der Waals surface area contributed by atoms with Crippen LogP contribution in [-0.2, 0) is 11.2 Å². The highest BCUT2D eigenvalue weighted by Gasteiger charge is 2.32. The van der Waals surface area contributed by atoms with Crippen molar-refractivity contribution in [2.24, 2.45) is 0 Å².